The average Bonchev–Trinajstić information content (AvgIpc) is 2.19. The quantitative estimate of drug-likeness (QED) is 0.729. The lowest BCUT2D eigenvalue weighted by Crippen LogP contribution is -2.65. The Balaban J connectivity index is 2.86. The molecule has 0 spiro atoms. The van der Waals surface area contributed by atoms with Crippen LogP contribution in [0.2, 0.25) is 0 Å². The number of carboxylic acid groups (broad SMARTS) is 1. The molecule has 1 aliphatic heterocycles. The van der Waals surface area contributed by atoms with E-state index >= 15 is 0 Å². The Morgan fingerprint density at radius 1 is 1.50 bits per heavy atom. The summed E-state index contributed by atoms with van der Waals surface area (Å²) in [4.78, 5) is 24.6. The molecule has 0 aromatic rings. The summed E-state index contributed by atoms with van der Waals surface area (Å²) in [6.07, 6.45) is 0. The Labute approximate surface area is 95.8 Å². The van der Waals surface area contributed by atoms with E-state index in [0.717, 1.165) is 0 Å². The zero-order valence-corrected chi connectivity index (χ0v) is 10.3. The number of rotatable bonds is 3. The van der Waals surface area contributed by atoms with Crippen LogP contribution in [0.3, 0.4) is 0 Å². The van der Waals surface area contributed by atoms with Gasteiger partial charge in [0.05, 0.1) is 11.5 Å². The lowest BCUT2D eigenvalue weighted by Gasteiger charge is -2.45. The molecule has 1 fully saturated rings. The van der Waals surface area contributed by atoms with Crippen molar-refractivity contribution in [1.29, 1.82) is 0 Å². The third-order valence-corrected chi connectivity index (χ3v) is 3.52. The predicted molar refractivity (Wildman–Crippen MR) is 60.1 cm³/mol. The summed E-state index contributed by atoms with van der Waals surface area (Å²) in [7, 11) is 0. The monoisotopic (exact) mass is 228 g/mol. The molecule has 0 aliphatic carbocycles. The molecule has 5 nitrogen and oxygen atoms in total. The van der Waals surface area contributed by atoms with Crippen LogP contribution in [-0.2, 0) is 9.59 Å². The van der Waals surface area contributed by atoms with Gasteiger partial charge in [-0.15, -0.1) is 0 Å². The number of piperazine rings is 1. The molecule has 92 valence electrons. The standard InChI is InChI=1S/C11H20N2O3/c1-7(9(14)15)8(2)13-6-5-12-10(16)11(13,3)4/h7-8H,5-6H2,1-4H3,(H,12,16)(H,14,15). The fourth-order valence-corrected chi connectivity index (χ4v) is 2.11. The number of nitrogens with zero attached hydrogens (tertiary/aromatic N) is 1. The predicted octanol–water partition coefficient (Wildman–Crippen LogP) is 0.306. The number of carbonyl (C=O) groups is 2. The van der Waals surface area contributed by atoms with Crippen LogP contribution in [0.4, 0.5) is 0 Å². The molecule has 1 aliphatic rings. The summed E-state index contributed by atoms with van der Waals surface area (Å²) in [6, 6.07) is -0.154. The maximum Gasteiger partial charge on any atom is 0.307 e. The van der Waals surface area contributed by atoms with Crippen molar-refractivity contribution in [2.75, 3.05) is 13.1 Å². The van der Waals surface area contributed by atoms with Crippen molar-refractivity contribution < 1.29 is 14.7 Å². The number of amides is 1. The van der Waals surface area contributed by atoms with E-state index in [4.69, 9.17) is 5.11 Å². The van der Waals surface area contributed by atoms with Crippen molar-refractivity contribution in [1.82, 2.24) is 10.2 Å². The first-order valence-corrected chi connectivity index (χ1v) is 5.56. The minimum absolute atomic E-state index is 0.0387. The maximum absolute atomic E-state index is 11.7. The topological polar surface area (TPSA) is 69.6 Å². The van der Waals surface area contributed by atoms with Gasteiger partial charge < -0.3 is 10.4 Å². The molecule has 16 heavy (non-hydrogen) atoms. The maximum atomic E-state index is 11.7. The van der Waals surface area contributed by atoms with Crippen LogP contribution in [0.1, 0.15) is 27.7 Å². The highest BCUT2D eigenvalue weighted by molar-refractivity contribution is 5.86. The fourth-order valence-electron chi connectivity index (χ4n) is 2.11. The number of nitrogens with one attached hydrogen (secondary N) is 1. The van der Waals surface area contributed by atoms with Gasteiger partial charge in [-0.3, -0.25) is 14.5 Å². The molecule has 0 saturated carbocycles. The second kappa shape index (κ2) is 4.41. The number of hydrogen-bond acceptors (Lipinski definition) is 3. The first kappa shape index (κ1) is 13.0. The van der Waals surface area contributed by atoms with Crippen molar-refractivity contribution in [3.05, 3.63) is 0 Å². The van der Waals surface area contributed by atoms with E-state index in [2.05, 4.69) is 5.32 Å². The van der Waals surface area contributed by atoms with Crippen LogP contribution in [0.25, 0.3) is 0 Å². The number of carbonyl (C=O) groups excluding carboxylic acids is 1. The third-order valence-electron chi connectivity index (χ3n) is 3.52. The van der Waals surface area contributed by atoms with Crippen LogP contribution in [-0.4, -0.2) is 46.6 Å². The number of hydrogen-bond donors (Lipinski definition) is 2. The normalized spacial score (nSPS) is 24.6. The minimum atomic E-state index is -0.825. The summed E-state index contributed by atoms with van der Waals surface area (Å²) in [6.45, 7) is 8.46. The Bertz CT molecular complexity index is 302. The van der Waals surface area contributed by atoms with E-state index in [1.165, 1.54) is 0 Å². The molecule has 5 heteroatoms. The van der Waals surface area contributed by atoms with Crippen molar-refractivity contribution >= 4 is 11.9 Å². The Hall–Kier alpha value is -1.10. The van der Waals surface area contributed by atoms with Gasteiger partial charge in [0.25, 0.3) is 0 Å². The Morgan fingerprint density at radius 2 is 2.06 bits per heavy atom. The lowest BCUT2D eigenvalue weighted by atomic mass is 9.92. The molecular formula is C11H20N2O3. The largest absolute Gasteiger partial charge is 0.481 e. The van der Waals surface area contributed by atoms with Crippen molar-refractivity contribution in [2.24, 2.45) is 5.92 Å². The van der Waals surface area contributed by atoms with Gasteiger partial charge in [0.2, 0.25) is 5.91 Å². The molecule has 0 bridgehead atoms. The second-order valence-electron chi connectivity index (χ2n) is 4.88. The van der Waals surface area contributed by atoms with E-state index in [1.807, 2.05) is 25.7 Å². The van der Waals surface area contributed by atoms with Crippen LogP contribution in [0.5, 0.6) is 0 Å². The second-order valence-corrected chi connectivity index (χ2v) is 4.88. The number of aliphatic carboxylic acids is 1. The van der Waals surface area contributed by atoms with Gasteiger partial charge in [0.15, 0.2) is 0 Å². The van der Waals surface area contributed by atoms with Crippen LogP contribution in [0, 0.1) is 5.92 Å². The average molecular weight is 228 g/mol. The number of carboxylic acids is 1. The SMILES string of the molecule is CC(C(=O)O)C(C)N1CCNC(=O)C1(C)C. The van der Waals surface area contributed by atoms with Gasteiger partial charge in [-0.05, 0) is 20.8 Å². The first-order valence-electron chi connectivity index (χ1n) is 5.56. The molecule has 0 aromatic heterocycles. The first-order chi connectivity index (χ1) is 7.28. The Kier molecular flexibility index (Phi) is 3.57. The molecule has 1 saturated heterocycles. The molecule has 1 amide bonds. The molecule has 1 heterocycles. The summed E-state index contributed by atoms with van der Waals surface area (Å²) < 4.78 is 0. The highest BCUT2D eigenvalue weighted by Crippen LogP contribution is 2.24. The van der Waals surface area contributed by atoms with Gasteiger partial charge in [-0.1, -0.05) is 6.92 Å². The highest BCUT2D eigenvalue weighted by Gasteiger charge is 2.42. The highest BCUT2D eigenvalue weighted by atomic mass is 16.4. The smallest absolute Gasteiger partial charge is 0.307 e. The molecule has 0 aromatic carbocycles. The van der Waals surface area contributed by atoms with Gasteiger partial charge in [-0.2, -0.15) is 0 Å². The summed E-state index contributed by atoms with van der Waals surface area (Å²) in [5.41, 5.74) is -0.638. The summed E-state index contributed by atoms with van der Waals surface area (Å²) in [5, 5.41) is 11.8. The van der Waals surface area contributed by atoms with Gasteiger partial charge in [-0.25, -0.2) is 0 Å². The molecule has 0 radical (unpaired) electrons. The molecule has 1 rings (SSSR count). The van der Waals surface area contributed by atoms with Crippen molar-refractivity contribution in [3.8, 4) is 0 Å². The van der Waals surface area contributed by atoms with Crippen LogP contribution in [0.15, 0.2) is 0 Å². The van der Waals surface area contributed by atoms with Crippen molar-refractivity contribution in [3.63, 3.8) is 0 Å². The third kappa shape index (κ3) is 2.19. The van der Waals surface area contributed by atoms with Gasteiger partial charge >= 0.3 is 5.97 Å². The van der Waals surface area contributed by atoms with E-state index in [0.29, 0.717) is 13.1 Å². The zero-order chi connectivity index (χ0) is 12.5. The lowest BCUT2D eigenvalue weighted by molar-refractivity contribution is -0.148. The molecular weight excluding hydrogens is 208 g/mol. The molecule has 2 N–H and O–H groups in total. The van der Waals surface area contributed by atoms with Gasteiger partial charge in [0, 0.05) is 19.1 Å². The fraction of sp³-hybridized carbons (Fsp3) is 0.818. The Morgan fingerprint density at radius 3 is 2.56 bits per heavy atom. The van der Waals surface area contributed by atoms with E-state index in [1.54, 1.807) is 6.92 Å². The van der Waals surface area contributed by atoms with E-state index in [9.17, 15) is 9.59 Å². The minimum Gasteiger partial charge on any atom is -0.481 e. The van der Waals surface area contributed by atoms with Crippen LogP contribution >= 0.6 is 0 Å². The van der Waals surface area contributed by atoms with Crippen LogP contribution < -0.4 is 5.32 Å². The van der Waals surface area contributed by atoms with E-state index in [-0.39, 0.29) is 11.9 Å². The summed E-state index contributed by atoms with van der Waals surface area (Å²) in [5.74, 6) is -1.34. The summed E-state index contributed by atoms with van der Waals surface area (Å²) >= 11 is 0. The molecule has 2 unspecified atom stereocenters. The van der Waals surface area contributed by atoms with E-state index < -0.39 is 17.4 Å². The molecule has 2 atom stereocenters. The van der Waals surface area contributed by atoms with Crippen molar-refractivity contribution in [2.45, 2.75) is 39.3 Å². The van der Waals surface area contributed by atoms with Gasteiger partial charge in [0.1, 0.15) is 0 Å². The zero-order valence-electron chi connectivity index (χ0n) is 10.3.